The molecule has 0 spiro atoms. The molecule has 1 aromatic rings. The molecule has 160 valence electrons. The molecule has 2 amide bonds. The Labute approximate surface area is 175 Å². The van der Waals surface area contributed by atoms with Crippen LogP contribution in [0.1, 0.15) is 13.8 Å². The van der Waals surface area contributed by atoms with E-state index in [1.54, 1.807) is 26.4 Å². The van der Waals surface area contributed by atoms with E-state index < -0.39 is 29.3 Å². The Morgan fingerprint density at radius 3 is 2.23 bits per heavy atom. The summed E-state index contributed by atoms with van der Waals surface area (Å²) in [6, 6.07) is 9.02. The van der Waals surface area contributed by atoms with E-state index in [9.17, 15) is 9.59 Å². The van der Waals surface area contributed by atoms with Crippen molar-refractivity contribution in [2.45, 2.75) is 25.9 Å². The highest BCUT2D eigenvalue weighted by Crippen LogP contribution is 2.75. The van der Waals surface area contributed by atoms with Crippen LogP contribution >= 0.6 is 0 Å². The van der Waals surface area contributed by atoms with Gasteiger partial charge in [0.1, 0.15) is 5.41 Å². The predicted molar refractivity (Wildman–Crippen MR) is 107 cm³/mol. The second-order valence-electron chi connectivity index (χ2n) is 9.36. The van der Waals surface area contributed by atoms with Gasteiger partial charge >= 0.3 is 0 Å². The van der Waals surface area contributed by atoms with E-state index in [0.717, 1.165) is 0 Å². The van der Waals surface area contributed by atoms with Gasteiger partial charge < -0.3 is 18.9 Å². The van der Waals surface area contributed by atoms with Gasteiger partial charge in [-0.2, -0.15) is 0 Å². The lowest BCUT2D eigenvalue weighted by Gasteiger charge is -2.39. The number of carbonyl (C=O) groups is 2. The van der Waals surface area contributed by atoms with Crippen molar-refractivity contribution in [1.29, 1.82) is 0 Å². The van der Waals surface area contributed by atoms with Crippen molar-refractivity contribution in [3.05, 3.63) is 42.5 Å². The average molecular weight is 413 g/mol. The maximum Gasteiger partial charge on any atom is 0.241 e. The van der Waals surface area contributed by atoms with Gasteiger partial charge in [0.15, 0.2) is 12.1 Å². The number of hydrogen-bond acceptors (Lipinski definition) is 6. The maximum atomic E-state index is 13.5. The molecule has 0 radical (unpaired) electrons. The molecular formula is C23H27NO6. The van der Waals surface area contributed by atoms with E-state index in [2.05, 4.69) is 13.8 Å². The molecule has 0 aromatic heterocycles. The molecule has 2 aliphatic carbocycles. The van der Waals surface area contributed by atoms with E-state index in [1.165, 1.54) is 4.90 Å². The Hall–Kier alpha value is -2.06. The molecule has 0 N–H and O–H groups in total. The van der Waals surface area contributed by atoms with Crippen LogP contribution in [0.25, 0.3) is 0 Å². The van der Waals surface area contributed by atoms with Crippen LogP contribution < -0.4 is 4.90 Å². The van der Waals surface area contributed by atoms with E-state index in [1.807, 2.05) is 30.4 Å². The first-order valence-corrected chi connectivity index (χ1v) is 10.3. The van der Waals surface area contributed by atoms with Gasteiger partial charge in [0.25, 0.3) is 0 Å². The summed E-state index contributed by atoms with van der Waals surface area (Å²) in [5, 5.41) is 0. The van der Waals surface area contributed by atoms with Crippen LogP contribution in [0.2, 0.25) is 0 Å². The highest BCUT2D eigenvalue weighted by Gasteiger charge is 2.87. The van der Waals surface area contributed by atoms with Crippen LogP contribution in [0.5, 0.6) is 0 Å². The largest absolute Gasteiger partial charge is 0.352 e. The fourth-order valence-electron chi connectivity index (χ4n) is 5.65. The Morgan fingerprint density at radius 2 is 1.63 bits per heavy atom. The van der Waals surface area contributed by atoms with Gasteiger partial charge in [-0.1, -0.05) is 44.2 Å². The number of anilines is 1. The molecule has 2 heterocycles. The number of benzene rings is 1. The third-order valence-electron chi connectivity index (χ3n) is 7.04. The number of amides is 2. The molecule has 0 bridgehead atoms. The van der Waals surface area contributed by atoms with Crippen molar-refractivity contribution >= 4 is 17.5 Å². The molecular weight excluding hydrogens is 386 g/mol. The molecule has 7 nitrogen and oxygen atoms in total. The summed E-state index contributed by atoms with van der Waals surface area (Å²) < 4.78 is 24.0. The first kappa shape index (κ1) is 19.9. The van der Waals surface area contributed by atoms with Crippen molar-refractivity contribution in [1.82, 2.24) is 0 Å². The third kappa shape index (κ3) is 2.35. The third-order valence-corrected chi connectivity index (χ3v) is 7.04. The lowest BCUT2D eigenvalue weighted by Crippen LogP contribution is -2.45. The molecule has 30 heavy (non-hydrogen) atoms. The molecule has 7 heteroatoms. The van der Waals surface area contributed by atoms with Crippen molar-refractivity contribution < 1.29 is 28.5 Å². The Bertz CT molecular complexity index is 898. The second kappa shape index (κ2) is 6.47. The maximum absolute atomic E-state index is 13.5. The van der Waals surface area contributed by atoms with Crippen LogP contribution in [0.4, 0.5) is 5.69 Å². The van der Waals surface area contributed by atoms with E-state index in [-0.39, 0.29) is 23.1 Å². The monoisotopic (exact) mass is 413 g/mol. The zero-order valence-corrected chi connectivity index (χ0v) is 17.7. The van der Waals surface area contributed by atoms with Crippen molar-refractivity contribution in [2.75, 3.05) is 32.3 Å². The zero-order valence-electron chi connectivity index (χ0n) is 17.7. The summed E-state index contributed by atoms with van der Waals surface area (Å²) in [6.45, 7) is 5.21. The predicted octanol–water partition coefficient (Wildman–Crippen LogP) is 2.37. The standard InChI is InChI=1S/C23H27NO6/c1-21(2)12-29-20(30-13-21)22-11-10-15-16(17(22)23(22,27-3)28-4)19(26)24(18(15)25)14-8-6-5-7-9-14/h5-11,15-17,20H,12-13H2,1-4H3. The number of methoxy groups -OCH3 is 2. The number of hydrogen-bond donors (Lipinski definition) is 0. The van der Waals surface area contributed by atoms with E-state index in [0.29, 0.717) is 18.9 Å². The lowest BCUT2D eigenvalue weighted by molar-refractivity contribution is -0.270. The van der Waals surface area contributed by atoms with Crippen molar-refractivity contribution in [2.24, 2.45) is 28.6 Å². The number of fused-ring (bicyclic) bond motifs is 3. The zero-order chi connectivity index (χ0) is 21.3. The number of carbonyl (C=O) groups excluding carboxylic acids is 2. The highest BCUT2D eigenvalue weighted by molar-refractivity contribution is 6.23. The molecule has 1 saturated carbocycles. The van der Waals surface area contributed by atoms with Crippen LogP contribution in [0, 0.1) is 28.6 Å². The Kier molecular flexibility index (Phi) is 4.29. The van der Waals surface area contributed by atoms with Gasteiger partial charge in [-0.05, 0) is 12.1 Å². The molecule has 5 rings (SSSR count). The lowest BCUT2D eigenvalue weighted by atomic mass is 9.80. The minimum absolute atomic E-state index is 0.0928. The van der Waals surface area contributed by atoms with Gasteiger partial charge in [-0.15, -0.1) is 0 Å². The van der Waals surface area contributed by atoms with Crippen LogP contribution in [0.15, 0.2) is 42.5 Å². The summed E-state index contributed by atoms with van der Waals surface area (Å²) in [4.78, 5) is 28.0. The van der Waals surface area contributed by atoms with Crippen molar-refractivity contribution in [3.8, 4) is 0 Å². The minimum Gasteiger partial charge on any atom is -0.352 e. The number of nitrogens with zero attached hydrogens (tertiary/aromatic N) is 1. The van der Waals surface area contributed by atoms with Gasteiger partial charge in [0.05, 0.1) is 30.7 Å². The topological polar surface area (TPSA) is 74.3 Å². The van der Waals surface area contributed by atoms with Gasteiger partial charge in [-0.3, -0.25) is 9.59 Å². The molecule has 2 saturated heterocycles. The second-order valence-corrected chi connectivity index (χ2v) is 9.36. The quantitative estimate of drug-likeness (QED) is 0.429. The average Bonchev–Trinajstić information content (AvgIpc) is 3.27. The summed E-state index contributed by atoms with van der Waals surface area (Å²) in [5.41, 5.74) is -0.296. The molecule has 4 aliphatic rings. The van der Waals surface area contributed by atoms with Crippen LogP contribution in [0.3, 0.4) is 0 Å². The van der Waals surface area contributed by atoms with Crippen molar-refractivity contribution in [3.63, 3.8) is 0 Å². The fraction of sp³-hybridized carbons (Fsp3) is 0.565. The first-order chi connectivity index (χ1) is 14.3. The van der Waals surface area contributed by atoms with E-state index in [4.69, 9.17) is 18.9 Å². The molecule has 4 unspecified atom stereocenters. The summed E-state index contributed by atoms with van der Waals surface area (Å²) in [6.07, 6.45) is 3.13. The highest BCUT2D eigenvalue weighted by atomic mass is 16.7. The molecule has 3 fully saturated rings. The number of ether oxygens (including phenoxy) is 4. The Morgan fingerprint density at radius 1 is 1.00 bits per heavy atom. The van der Waals surface area contributed by atoms with Crippen LogP contribution in [-0.4, -0.2) is 51.3 Å². The summed E-state index contributed by atoms with van der Waals surface area (Å²) >= 11 is 0. The summed E-state index contributed by atoms with van der Waals surface area (Å²) in [7, 11) is 3.13. The Balaban J connectivity index is 1.54. The van der Waals surface area contributed by atoms with Crippen LogP contribution in [-0.2, 0) is 28.5 Å². The first-order valence-electron chi connectivity index (χ1n) is 10.3. The smallest absolute Gasteiger partial charge is 0.241 e. The molecule has 2 aliphatic heterocycles. The van der Waals surface area contributed by atoms with E-state index >= 15 is 0 Å². The fourth-order valence-corrected chi connectivity index (χ4v) is 5.65. The number of rotatable bonds is 4. The number of para-hydroxylation sites is 1. The van der Waals surface area contributed by atoms with Gasteiger partial charge in [0, 0.05) is 25.6 Å². The summed E-state index contributed by atoms with van der Waals surface area (Å²) in [5.74, 6) is -3.07. The van der Waals surface area contributed by atoms with Gasteiger partial charge in [-0.25, -0.2) is 4.90 Å². The molecule has 4 atom stereocenters. The van der Waals surface area contributed by atoms with Gasteiger partial charge in [0.2, 0.25) is 11.8 Å². The SMILES string of the molecule is COC1(OC)C2C3C(=O)N(c4ccccc4)C(=O)C3C=CC21C1OCC(C)(C)CO1. The number of imide groups is 1. The minimum atomic E-state index is -1.09. The normalized spacial score (nSPS) is 36.5. The molecule has 1 aromatic carbocycles.